The maximum atomic E-state index is 13.3. The zero-order chi connectivity index (χ0) is 22.0. The normalized spacial score (nSPS) is 19.2. The number of amides is 2. The Kier molecular flexibility index (Phi) is 6.40. The third kappa shape index (κ3) is 4.65. The molecule has 5 nitrogen and oxygen atoms in total. The largest absolute Gasteiger partial charge is 0.345 e. The number of hydrogen-bond acceptors (Lipinski definition) is 3. The van der Waals surface area contributed by atoms with Gasteiger partial charge in [-0.15, -0.1) is 0 Å². The highest BCUT2D eigenvalue weighted by Gasteiger charge is 2.30. The van der Waals surface area contributed by atoms with Crippen molar-refractivity contribution < 1.29 is 9.59 Å². The molecule has 4 rings (SSSR count). The molecule has 0 radical (unpaired) electrons. The summed E-state index contributed by atoms with van der Waals surface area (Å²) in [5.74, 6) is 0.401. The molecule has 1 fully saturated rings. The minimum atomic E-state index is -0.0371. The molecule has 1 aliphatic heterocycles. The number of carbonyl (C=O) groups is 2. The van der Waals surface area contributed by atoms with E-state index in [1.165, 1.54) is 11.1 Å². The van der Waals surface area contributed by atoms with E-state index in [9.17, 15) is 9.59 Å². The van der Waals surface area contributed by atoms with Gasteiger partial charge in [-0.3, -0.25) is 14.6 Å². The number of benzene rings is 1. The molecular formula is C26H33N3O2. The number of likely N-dealkylation sites (tertiary alicyclic amines) is 1. The maximum Gasteiger partial charge on any atom is 0.253 e. The number of nitrogens with one attached hydrogen (secondary N) is 1. The summed E-state index contributed by atoms with van der Waals surface area (Å²) in [5.41, 5.74) is 5.07. The highest BCUT2D eigenvalue weighted by atomic mass is 16.2. The van der Waals surface area contributed by atoms with E-state index in [1.54, 1.807) is 0 Å². The minimum absolute atomic E-state index is 0.0216. The van der Waals surface area contributed by atoms with Gasteiger partial charge in [-0.2, -0.15) is 0 Å². The maximum absolute atomic E-state index is 13.3. The zero-order valence-electron chi connectivity index (χ0n) is 18.9. The summed E-state index contributed by atoms with van der Waals surface area (Å²) in [4.78, 5) is 32.4. The van der Waals surface area contributed by atoms with Crippen LogP contribution in [0.3, 0.4) is 0 Å². The summed E-state index contributed by atoms with van der Waals surface area (Å²) in [6.45, 7) is 7.33. The van der Waals surface area contributed by atoms with Gasteiger partial charge in [-0.05, 0) is 62.3 Å². The first-order valence-corrected chi connectivity index (χ1v) is 11.6. The molecule has 2 aromatic rings. The fourth-order valence-corrected chi connectivity index (χ4v) is 4.96. The molecule has 0 bridgehead atoms. The van der Waals surface area contributed by atoms with E-state index in [-0.39, 0.29) is 29.7 Å². The van der Waals surface area contributed by atoms with Crippen LogP contribution >= 0.6 is 0 Å². The Morgan fingerprint density at radius 3 is 2.55 bits per heavy atom. The number of piperidine rings is 1. The molecule has 1 N–H and O–H groups in total. The Morgan fingerprint density at radius 1 is 1.06 bits per heavy atom. The van der Waals surface area contributed by atoms with Crippen molar-refractivity contribution in [2.45, 2.75) is 64.8 Å². The lowest BCUT2D eigenvalue weighted by molar-refractivity contribution is -0.135. The van der Waals surface area contributed by atoms with Crippen molar-refractivity contribution in [1.29, 1.82) is 0 Å². The Balaban J connectivity index is 1.52. The lowest BCUT2D eigenvalue weighted by Crippen LogP contribution is -2.40. The molecule has 1 atom stereocenters. The van der Waals surface area contributed by atoms with Crippen molar-refractivity contribution in [3.05, 3.63) is 64.5 Å². The number of rotatable bonds is 4. The van der Waals surface area contributed by atoms with Gasteiger partial charge in [0.05, 0.1) is 17.3 Å². The molecule has 1 aromatic carbocycles. The van der Waals surface area contributed by atoms with Crippen molar-refractivity contribution in [3.63, 3.8) is 0 Å². The SMILES string of the molecule is Cc1ccc(C(=O)NC2CCCc3ccccc32)c(C2CCN(C(=O)C(C)C)CC2)n1. The van der Waals surface area contributed by atoms with Crippen molar-refractivity contribution in [3.8, 4) is 0 Å². The quantitative estimate of drug-likeness (QED) is 0.790. The summed E-state index contributed by atoms with van der Waals surface area (Å²) in [6.07, 6.45) is 4.83. The summed E-state index contributed by atoms with van der Waals surface area (Å²) in [6, 6.07) is 12.3. The highest BCUT2D eigenvalue weighted by molar-refractivity contribution is 5.95. The van der Waals surface area contributed by atoms with Crippen LogP contribution in [0.15, 0.2) is 36.4 Å². The van der Waals surface area contributed by atoms with Crippen LogP contribution in [0.1, 0.15) is 84.4 Å². The number of nitrogens with zero attached hydrogens (tertiary/aromatic N) is 2. The van der Waals surface area contributed by atoms with Crippen molar-refractivity contribution in [2.24, 2.45) is 5.92 Å². The molecule has 2 heterocycles. The van der Waals surface area contributed by atoms with Gasteiger partial charge in [0, 0.05) is 30.6 Å². The van der Waals surface area contributed by atoms with E-state index < -0.39 is 0 Å². The van der Waals surface area contributed by atoms with E-state index in [0.29, 0.717) is 5.56 Å². The molecule has 1 unspecified atom stereocenters. The number of aromatic nitrogens is 1. The van der Waals surface area contributed by atoms with Gasteiger partial charge in [-0.25, -0.2) is 0 Å². The van der Waals surface area contributed by atoms with Gasteiger partial charge < -0.3 is 10.2 Å². The smallest absolute Gasteiger partial charge is 0.253 e. The van der Waals surface area contributed by atoms with Crippen LogP contribution in [-0.4, -0.2) is 34.8 Å². The van der Waals surface area contributed by atoms with Crippen LogP contribution in [-0.2, 0) is 11.2 Å². The third-order valence-electron chi connectivity index (χ3n) is 6.67. The highest BCUT2D eigenvalue weighted by Crippen LogP contribution is 2.32. The van der Waals surface area contributed by atoms with E-state index in [4.69, 9.17) is 4.98 Å². The number of hydrogen-bond donors (Lipinski definition) is 1. The Hall–Kier alpha value is -2.69. The van der Waals surface area contributed by atoms with E-state index in [1.807, 2.05) is 37.8 Å². The second kappa shape index (κ2) is 9.21. The second-order valence-corrected chi connectivity index (χ2v) is 9.26. The molecule has 2 aliphatic rings. The zero-order valence-corrected chi connectivity index (χ0v) is 18.9. The van der Waals surface area contributed by atoms with Crippen molar-refractivity contribution in [2.75, 3.05) is 13.1 Å². The standard InChI is InChI=1S/C26H33N3O2/c1-17(2)26(31)29-15-13-20(14-16-29)24-22(12-11-18(3)27-24)25(30)28-23-10-6-8-19-7-4-5-9-21(19)23/h4-5,7,9,11-12,17,20,23H,6,8,10,13-16H2,1-3H3,(H,28,30). The van der Waals surface area contributed by atoms with Crippen LogP contribution in [0.4, 0.5) is 0 Å². The van der Waals surface area contributed by atoms with E-state index in [0.717, 1.165) is 56.6 Å². The third-order valence-corrected chi connectivity index (χ3v) is 6.67. The first kappa shape index (κ1) is 21.5. The predicted molar refractivity (Wildman–Crippen MR) is 122 cm³/mol. The summed E-state index contributed by atoms with van der Waals surface area (Å²) in [5, 5.41) is 3.29. The van der Waals surface area contributed by atoms with Crippen LogP contribution in [0, 0.1) is 12.8 Å². The topological polar surface area (TPSA) is 62.3 Å². The molecule has 5 heteroatoms. The van der Waals surface area contributed by atoms with E-state index in [2.05, 4.69) is 29.6 Å². The molecule has 1 aliphatic carbocycles. The van der Waals surface area contributed by atoms with Gasteiger partial charge in [0.15, 0.2) is 0 Å². The van der Waals surface area contributed by atoms with Crippen LogP contribution in [0.2, 0.25) is 0 Å². The minimum Gasteiger partial charge on any atom is -0.345 e. The first-order chi connectivity index (χ1) is 14.9. The molecule has 0 saturated carbocycles. The van der Waals surface area contributed by atoms with Crippen LogP contribution in [0.5, 0.6) is 0 Å². The lowest BCUT2D eigenvalue weighted by Gasteiger charge is -2.33. The van der Waals surface area contributed by atoms with Crippen LogP contribution in [0.25, 0.3) is 0 Å². The predicted octanol–water partition coefficient (Wildman–Crippen LogP) is 4.56. The number of carbonyl (C=O) groups excluding carboxylic acids is 2. The molecule has 2 amide bonds. The van der Waals surface area contributed by atoms with Gasteiger partial charge >= 0.3 is 0 Å². The molecule has 1 saturated heterocycles. The van der Waals surface area contributed by atoms with Crippen molar-refractivity contribution >= 4 is 11.8 Å². The summed E-state index contributed by atoms with van der Waals surface area (Å²) < 4.78 is 0. The number of pyridine rings is 1. The molecule has 164 valence electrons. The fraction of sp³-hybridized carbons (Fsp3) is 0.500. The van der Waals surface area contributed by atoms with Gasteiger partial charge in [0.1, 0.15) is 0 Å². The Labute approximate surface area is 185 Å². The summed E-state index contributed by atoms with van der Waals surface area (Å²) in [7, 11) is 0. The fourth-order valence-electron chi connectivity index (χ4n) is 4.96. The Bertz CT molecular complexity index is 961. The first-order valence-electron chi connectivity index (χ1n) is 11.6. The average molecular weight is 420 g/mol. The molecular weight excluding hydrogens is 386 g/mol. The molecule has 0 spiro atoms. The average Bonchev–Trinajstić information content (AvgIpc) is 2.78. The number of aryl methyl sites for hydroxylation is 2. The van der Waals surface area contributed by atoms with Gasteiger partial charge in [0.2, 0.25) is 5.91 Å². The van der Waals surface area contributed by atoms with Crippen LogP contribution < -0.4 is 5.32 Å². The molecule has 1 aromatic heterocycles. The van der Waals surface area contributed by atoms with Crippen molar-refractivity contribution in [1.82, 2.24) is 15.2 Å². The van der Waals surface area contributed by atoms with Gasteiger partial charge in [0.25, 0.3) is 5.91 Å². The molecule has 31 heavy (non-hydrogen) atoms. The second-order valence-electron chi connectivity index (χ2n) is 9.26. The monoisotopic (exact) mass is 419 g/mol. The summed E-state index contributed by atoms with van der Waals surface area (Å²) >= 11 is 0. The number of fused-ring (bicyclic) bond motifs is 1. The van der Waals surface area contributed by atoms with Gasteiger partial charge in [-0.1, -0.05) is 38.1 Å². The lowest BCUT2D eigenvalue weighted by atomic mass is 9.87. The Morgan fingerprint density at radius 2 is 1.81 bits per heavy atom. The van der Waals surface area contributed by atoms with E-state index >= 15 is 0 Å².